The molecule has 0 aliphatic rings. The lowest BCUT2D eigenvalue weighted by molar-refractivity contribution is -0.422. The fraction of sp³-hybridized carbons (Fsp3) is 0.100. The van der Waals surface area contributed by atoms with Gasteiger partial charge in [-0.1, -0.05) is 12.1 Å². The number of benzene rings is 1. The largest absolute Gasteiger partial charge is 0.478 e. The van der Waals surface area contributed by atoms with Crippen molar-refractivity contribution in [3.63, 3.8) is 0 Å². The Morgan fingerprint density at radius 3 is 2.73 bits per heavy atom. The highest BCUT2D eigenvalue weighted by atomic mass is 16.6. The number of carboxylic acids is 1. The number of hydrogen-bond donors (Lipinski definition) is 1. The van der Waals surface area contributed by atoms with Crippen molar-refractivity contribution in [1.29, 1.82) is 0 Å². The summed E-state index contributed by atoms with van der Waals surface area (Å²) in [7, 11) is 0. The first-order chi connectivity index (χ1) is 7.00. The molecule has 0 saturated heterocycles. The van der Waals surface area contributed by atoms with E-state index >= 15 is 0 Å². The maximum absolute atomic E-state index is 10.6. The zero-order chi connectivity index (χ0) is 11.4. The third kappa shape index (κ3) is 2.91. The first-order valence-electron chi connectivity index (χ1n) is 4.17. The van der Waals surface area contributed by atoms with Crippen molar-refractivity contribution in [3.8, 4) is 0 Å². The standard InChI is InChI=1S/C10H9NO4/c1-7(11(14)15)5-8-3-2-4-9(6-8)10(12)13/h2-6H,1H3,(H,12,13). The zero-order valence-corrected chi connectivity index (χ0v) is 8.01. The molecule has 0 amide bonds. The van der Waals surface area contributed by atoms with Crippen LogP contribution < -0.4 is 0 Å². The molecule has 0 bridgehead atoms. The molecule has 78 valence electrons. The van der Waals surface area contributed by atoms with Gasteiger partial charge in [-0.3, -0.25) is 10.1 Å². The molecule has 0 unspecified atom stereocenters. The topological polar surface area (TPSA) is 80.4 Å². The Kier molecular flexibility index (Phi) is 3.17. The van der Waals surface area contributed by atoms with Crippen molar-refractivity contribution in [2.45, 2.75) is 6.92 Å². The number of nitrogens with zero attached hydrogens (tertiary/aromatic N) is 1. The Bertz CT molecular complexity index is 437. The molecule has 0 heterocycles. The van der Waals surface area contributed by atoms with Crippen molar-refractivity contribution < 1.29 is 14.8 Å². The summed E-state index contributed by atoms with van der Waals surface area (Å²) in [6.45, 7) is 1.35. The molecule has 0 saturated carbocycles. The van der Waals surface area contributed by atoms with E-state index in [0.717, 1.165) is 0 Å². The lowest BCUT2D eigenvalue weighted by Crippen LogP contribution is -1.97. The van der Waals surface area contributed by atoms with Crippen molar-refractivity contribution in [1.82, 2.24) is 0 Å². The summed E-state index contributed by atoms with van der Waals surface area (Å²) in [6, 6.07) is 5.97. The fourth-order valence-corrected chi connectivity index (χ4v) is 1.06. The number of nitro groups is 1. The molecule has 0 aliphatic carbocycles. The predicted octanol–water partition coefficient (Wildman–Crippen LogP) is 2.02. The highest BCUT2D eigenvalue weighted by Gasteiger charge is 2.05. The van der Waals surface area contributed by atoms with Crippen LogP contribution in [0.3, 0.4) is 0 Å². The van der Waals surface area contributed by atoms with Gasteiger partial charge in [0.25, 0.3) is 0 Å². The molecule has 0 aliphatic heterocycles. The van der Waals surface area contributed by atoms with Gasteiger partial charge in [-0.25, -0.2) is 4.79 Å². The molecular weight excluding hydrogens is 198 g/mol. The van der Waals surface area contributed by atoms with Crippen molar-refractivity contribution >= 4 is 12.0 Å². The van der Waals surface area contributed by atoms with Crippen LogP contribution in [-0.2, 0) is 0 Å². The van der Waals surface area contributed by atoms with Crippen LogP contribution in [-0.4, -0.2) is 16.0 Å². The summed E-state index contributed by atoms with van der Waals surface area (Å²) >= 11 is 0. The van der Waals surface area contributed by atoms with Gasteiger partial charge in [0.1, 0.15) is 0 Å². The molecule has 1 aromatic rings. The molecule has 1 aromatic carbocycles. The van der Waals surface area contributed by atoms with Crippen LogP contribution in [0.25, 0.3) is 6.08 Å². The van der Waals surface area contributed by atoms with Gasteiger partial charge in [0.05, 0.1) is 10.5 Å². The molecule has 0 aromatic heterocycles. The van der Waals surface area contributed by atoms with E-state index in [9.17, 15) is 14.9 Å². The maximum atomic E-state index is 10.6. The molecule has 1 N–H and O–H groups in total. The summed E-state index contributed by atoms with van der Waals surface area (Å²) in [6.07, 6.45) is 1.33. The monoisotopic (exact) mass is 207 g/mol. The zero-order valence-electron chi connectivity index (χ0n) is 8.01. The lowest BCUT2D eigenvalue weighted by Gasteiger charge is -1.96. The van der Waals surface area contributed by atoms with Crippen LogP contribution in [0.2, 0.25) is 0 Å². The van der Waals surface area contributed by atoms with Crippen molar-refractivity contribution in [2.75, 3.05) is 0 Å². The van der Waals surface area contributed by atoms with Gasteiger partial charge in [0.15, 0.2) is 0 Å². The van der Waals surface area contributed by atoms with Gasteiger partial charge >= 0.3 is 5.97 Å². The number of aromatic carboxylic acids is 1. The number of rotatable bonds is 3. The van der Waals surface area contributed by atoms with E-state index in [1.54, 1.807) is 12.1 Å². The third-order valence-corrected chi connectivity index (χ3v) is 1.80. The second-order valence-corrected chi connectivity index (χ2v) is 2.97. The van der Waals surface area contributed by atoms with Crippen LogP contribution in [0.15, 0.2) is 30.0 Å². The Morgan fingerprint density at radius 1 is 1.53 bits per heavy atom. The van der Waals surface area contributed by atoms with E-state index < -0.39 is 10.9 Å². The molecule has 5 nitrogen and oxygen atoms in total. The molecule has 15 heavy (non-hydrogen) atoms. The number of carboxylic acid groups (broad SMARTS) is 1. The van der Waals surface area contributed by atoms with Gasteiger partial charge in [-0.05, 0) is 17.7 Å². The third-order valence-electron chi connectivity index (χ3n) is 1.80. The van der Waals surface area contributed by atoms with Gasteiger partial charge in [-0.2, -0.15) is 0 Å². The highest BCUT2D eigenvalue weighted by Crippen LogP contribution is 2.10. The van der Waals surface area contributed by atoms with E-state index in [1.807, 2.05) is 0 Å². The molecule has 0 spiro atoms. The van der Waals surface area contributed by atoms with Gasteiger partial charge in [-0.15, -0.1) is 0 Å². The molecule has 1 rings (SSSR count). The number of allylic oxidation sites excluding steroid dienone is 1. The summed E-state index contributed by atoms with van der Waals surface area (Å²) in [5, 5.41) is 19.0. The number of hydrogen-bond acceptors (Lipinski definition) is 3. The second kappa shape index (κ2) is 4.36. The van der Waals surface area contributed by atoms with Crippen LogP contribution >= 0.6 is 0 Å². The lowest BCUT2D eigenvalue weighted by atomic mass is 10.1. The minimum Gasteiger partial charge on any atom is -0.478 e. The first kappa shape index (κ1) is 10.9. The predicted molar refractivity (Wildman–Crippen MR) is 54.0 cm³/mol. The summed E-state index contributed by atoms with van der Waals surface area (Å²) in [5.74, 6) is -1.05. The second-order valence-electron chi connectivity index (χ2n) is 2.97. The van der Waals surface area contributed by atoms with Crippen LogP contribution in [0, 0.1) is 10.1 Å². The van der Waals surface area contributed by atoms with E-state index in [1.165, 1.54) is 25.1 Å². The van der Waals surface area contributed by atoms with Crippen LogP contribution in [0.4, 0.5) is 0 Å². The Morgan fingerprint density at radius 2 is 2.20 bits per heavy atom. The summed E-state index contributed by atoms with van der Waals surface area (Å²) in [4.78, 5) is 20.4. The van der Waals surface area contributed by atoms with Crippen molar-refractivity contribution in [2.24, 2.45) is 0 Å². The van der Waals surface area contributed by atoms with E-state index in [2.05, 4.69) is 0 Å². The molecule has 0 atom stereocenters. The average Bonchev–Trinajstić information content (AvgIpc) is 2.18. The van der Waals surface area contributed by atoms with E-state index in [4.69, 9.17) is 5.11 Å². The maximum Gasteiger partial charge on any atom is 0.335 e. The van der Waals surface area contributed by atoms with E-state index in [-0.39, 0.29) is 11.3 Å². The minimum atomic E-state index is -1.05. The van der Waals surface area contributed by atoms with Crippen molar-refractivity contribution in [3.05, 3.63) is 51.2 Å². The van der Waals surface area contributed by atoms with Crippen LogP contribution in [0.1, 0.15) is 22.8 Å². The molecular formula is C10H9NO4. The number of carbonyl (C=O) groups is 1. The quantitative estimate of drug-likeness (QED) is 0.607. The summed E-state index contributed by atoms with van der Waals surface area (Å²) in [5.41, 5.74) is 0.585. The first-order valence-corrected chi connectivity index (χ1v) is 4.17. The molecule has 0 radical (unpaired) electrons. The minimum absolute atomic E-state index is 0.0301. The average molecular weight is 207 g/mol. The van der Waals surface area contributed by atoms with Gasteiger partial charge < -0.3 is 5.11 Å². The highest BCUT2D eigenvalue weighted by molar-refractivity contribution is 5.88. The van der Waals surface area contributed by atoms with Gasteiger partial charge in [0, 0.05) is 13.0 Å². The molecule has 0 fully saturated rings. The Labute approximate surface area is 85.8 Å². The summed E-state index contributed by atoms with van der Waals surface area (Å²) < 4.78 is 0. The fourth-order valence-electron chi connectivity index (χ4n) is 1.06. The Balaban J connectivity index is 3.06. The van der Waals surface area contributed by atoms with Crippen LogP contribution in [0.5, 0.6) is 0 Å². The normalized spacial score (nSPS) is 11.1. The molecule has 5 heteroatoms. The SMILES string of the molecule is CC(=Cc1cccc(C(=O)O)c1)[N+](=O)[O-]. The van der Waals surface area contributed by atoms with Gasteiger partial charge in [0.2, 0.25) is 5.70 Å². The van der Waals surface area contributed by atoms with E-state index in [0.29, 0.717) is 5.56 Å². The Hall–Kier alpha value is -2.17. The smallest absolute Gasteiger partial charge is 0.335 e.